The van der Waals surface area contributed by atoms with Gasteiger partial charge in [-0.2, -0.15) is 0 Å². The predicted octanol–water partition coefficient (Wildman–Crippen LogP) is 1.84. The molecular weight excluding hydrogens is 294 g/mol. The van der Waals surface area contributed by atoms with E-state index in [0.717, 1.165) is 11.3 Å². The summed E-state index contributed by atoms with van der Waals surface area (Å²) in [7, 11) is 0. The van der Waals surface area contributed by atoms with Crippen LogP contribution >= 0.6 is 0 Å². The first-order chi connectivity index (χ1) is 11.2. The van der Waals surface area contributed by atoms with Crippen LogP contribution in [0.1, 0.15) is 15.9 Å². The van der Waals surface area contributed by atoms with E-state index in [1.54, 1.807) is 30.3 Å². The minimum atomic E-state index is -0.359. The Hall–Kier alpha value is -3.33. The number of nitrogens with zero attached hydrogens (tertiary/aromatic N) is 1. The molecule has 0 saturated carbocycles. The van der Waals surface area contributed by atoms with Gasteiger partial charge in [-0.15, -0.1) is 6.42 Å². The molecule has 0 aliphatic carbocycles. The number of carbonyl (C=O) groups excluding carboxylic acids is 2. The summed E-state index contributed by atoms with van der Waals surface area (Å²) in [5.74, 6) is 2.10. The van der Waals surface area contributed by atoms with Crippen molar-refractivity contribution in [3.05, 3.63) is 47.7 Å². The molecule has 1 aromatic carbocycles. The molecule has 1 aromatic heterocycles. The van der Waals surface area contributed by atoms with E-state index >= 15 is 0 Å². The van der Waals surface area contributed by atoms with Crippen LogP contribution in [0.4, 0.5) is 11.4 Å². The van der Waals surface area contributed by atoms with Crippen molar-refractivity contribution in [2.24, 2.45) is 0 Å². The molecule has 2 N–H and O–H groups in total. The maximum absolute atomic E-state index is 12.4. The Morgan fingerprint density at radius 3 is 3.13 bits per heavy atom. The number of benzene rings is 1. The second-order valence-corrected chi connectivity index (χ2v) is 4.90. The number of pyridine rings is 1. The Balaban J connectivity index is 1.79. The van der Waals surface area contributed by atoms with Crippen molar-refractivity contribution >= 4 is 23.2 Å². The largest absolute Gasteiger partial charge is 0.464 e. The van der Waals surface area contributed by atoms with Crippen molar-refractivity contribution in [3.8, 4) is 18.2 Å². The van der Waals surface area contributed by atoms with Gasteiger partial charge in [-0.3, -0.25) is 9.59 Å². The van der Waals surface area contributed by atoms with Crippen molar-refractivity contribution < 1.29 is 14.3 Å². The number of aromatic nitrogens is 1. The first kappa shape index (κ1) is 14.6. The molecule has 0 unspecified atom stereocenters. The molecule has 2 heterocycles. The summed E-state index contributed by atoms with van der Waals surface area (Å²) in [6.45, 7) is 0.0317. The van der Waals surface area contributed by atoms with Gasteiger partial charge >= 0.3 is 0 Å². The van der Waals surface area contributed by atoms with Crippen LogP contribution in [0.25, 0.3) is 0 Å². The molecule has 0 spiro atoms. The zero-order valence-electron chi connectivity index (χ0n) is 12.1. The van der Waals surface area contributed by atoms with Crippen LogP contribution in [0.5, 0.6) is 5.88 Å². The molecule has 0 atom stereocenters. The van der Waals surface area contributed by atoms with Gasteiger partial charge in [-0.05, 0) is 35.9 Å². The van der Waals surface area contributed by atoms with Gasteiger partial charge in [0.25, 0.3) is 5.91 Å². The fourth-order valence-electron chi connectivity index (χ4n) is 2.29. The molecule has 6 nitrogen and oxygen atoms in total. The Bertz CT molecular complexity index is 824. The normalized spacial score (nSPS) is 12.0. The third-order valence-corrected chi connectivity index (χ3v) is 3.30. The highest BCUT2D eigenvalue weighted by Crippen LogP contribution is 2.26. The molecule has 2 aromatic rings. The summed E-state index contributed by atoms with van der Waals surface area (Å²) in [6.07, 6.45) is 6.98. The van der Waals surface area contributed by atoms with E-state index in [4.69, 9.17) is 11.2 Å². The van der Waals surface area contributed by atoms with Crippen LogP contribution in [0.15, 0.2) is 36.5 Å². The minimum absolute atomic E-state index is 0.0317. The molecule has 0 bridgehead atoms. The Morgan fingerprint density at radius 2 is 2.30 bits per heavy atom. The van der Waals surface area contributed by atoms with Gasteiger partial charge in [-0.1, -0.05) is 5.92 Å². The summed E-state index contributed by atoms with van der Waals surface area (Å²) in [5, 5.41) is 5.51. The summed E-state index contributed by atoms with van der Waals surface area (Å²) >= 11 is 0. The number of amides is 2. The number of rotatable bonds is 4. The lowest BCUT2D eigenvalue weighted by atomic mass is 10.1. The maximum Gasteiger partial charge on any atom is 0.261 e. The number of hydrogen-bond acceptors (Lipinski definition) is 4. The quantitative estimate of drug-likeness (QED) is 0.845. The van der Waals surface area contributed by atoms with Crippen LogP contribution in [-0.4, -0.2) is 23.4 Å². The molecule has 6 heteroatoms. The highest BCUT2D eigenvalue weighted by Gasteiger charge is 2.19. The number of ether oxygens (including phenoxy) is 1. The lowest BCUT2D eigenvalue weighted by Crippen LogP contribution is -2.14. The first-order valence-corrected chi connectivity index (χ1v) is 6.93. The van der Waals surface area contributed by atoms with Crippen molar-refractivity contribution in [2.75, 3.05) is 17.2 Å². The van der Waals surface area contributed by atoms with Gasteiger partial charge in [-0.25, -0.2) is 4.98 Å². The van der Waals surface area contributed by atoms with Gasteiger partial charge in [0.2, 0.25) is 11.8 Å². The second-order valence-electron chi connectivity index (χ2n) is 4.90. The van der Waals surface area contributed by atoms with Crippen LogP contribution in [-0.2, 0) is 11.2 Å². The van der Waals surface area contributed by atoms with E-state index in [1.807, 2.05) is 0 Å². The predicted molar refractivity (Wildman–Crippen MR) is 85.3 cm³/mol. The summed E-state index contributed by atoms with van der Waals surface area (Å²) in [5.41, 5.74) is 2.50. The maximum atomic E-state index is 12.4. The number of nitrogens with one attached hydrogen (secondary N) is 2. The highest BCUT2D eigenvalue weighted by molar-refractivity contribution is 6.06. The van der Waals surface area contributed by atoms with Gasteiger partial charge in [0.1, 0.15) is 5.56 Å². The smallest absolute Gasteiger partial charge is 0.261 e. The third kappa shape index (κ3) is 3.14. The summed E-state index contributed by atoms with van der Waals surface area (Å²) in [4.78, 5) is 27.8. The van der Waals surface area contributed by atoms with Gasteiger partial charge < -0.3 is 15.4 Å². The zero-order chi connectivity index (χ0) is 16.2. The SMILES string of the molecule is C#CCOc1ncccc1C(=O)Nc1ccc2c(c1)CC(=O)N2. The third-order valence-electron chi connectivity index (χ3n) is 3.30. The molecule has 1 aliphatic heterocycles. The number of terminal acetylenes is 1. The standard InChI is InChI=1S/C17H13N3O3/c1-2-8-23-17-13(4-3-7-18-17)16(22)19-12-5-6-14-11(9-12)10-15(21)20-14/h1,3-7,9H,8,10H2,(H,19,22)(H,20,21). The van der Waals surface area contributed by atoms with Crippen LogP contribution in [0.3, 0.4) is 0 Å². The van der Waals surface area contributed by atoms with Crippen molar-refractivity contribution in [1.82, 2.24) is 4.98 Å². The molecule has 23 heavy (non-hydrogen) atoms. The lowest BCUT2D eigenvalue weighted by molar-refractivity contribution is -0.115. The van der Waals surface area contributed by atoms with Gasteiger partial charge in [0, 0.05) is 17.6 Å². The first-order valence-electron chi connectivity index (χ1n) is 6.93. The second kappa shape index (κ2) is 6.20. The summed E-state index contributed by atoms with van der Waals surface area (Å²) in [6, 6.07) is 8.49. The Labute approximate surface area is 132 Å². The number of hydrogen-bond donors (Lipinski definition) is 2. The van der Waals surface area contributed by atoms with E-state index in [0.29, 0.717) is 12.1 Å². The van der Waals surface area contributed by atoms with Crippen LogP contribution in [0, 0.1) is 12.3 Å². The van der Waals surface area contributed by atoms with Crippen LogP contribution < -0.4 is 15.4 Å². The van der Waals surface area contributed by atoms with Gasteiger partial charge in [0.15, 0.2) is 6.61 Å². The van der Waals surface area contributed by atoms with E-state index in [9.17, 15) is 9.59 Å². The molecule has 2 amide bonds. The lowest BCUT2D eigenvalue weighted by Gasteiger charge is -2.10. The molecule has 0 saturated heterocycles. The van der Waals surface area contributed by atoms with Crippen molar-refractivity contribution in [1.29, 1.82) is 0 Å². The van der Waals surface area contributed by atoms with Crippen molar-refractivity contribution in [3.63, 3.8) is 0 Å². The minimum Gasteiger partial charge on any atom is -0.464 e. The zero-order valence-corrected chi connectivity index (χ0v) is 12.1. The number of fused-ring (bicyclic) bond motifs is 1. The van der Waals surface area contributed by atoms with E-state index in [-0.39, 0.29) is 29.9 Å². The molecule has 0 fully saturated rings. The molecule has 1 aliphatic rings. The highest BCUT2D eigenvalue weighted by atomic mass is 16.5. The monoisotopic (exact) mass is 307 g/mol. The molecule has 114 valence electrons. The average Bonchev–Trinajstić information content (AvgIpc) is 2.92. The van der Waals surface area contributed by atoms with Gasteiger partial charge in [0.05, 0.1) is 6.42 Å². The average molecular weight is 307 g/mol. The Kier molecular flexibility index (Phi) is 3.93. The molecule has 0 radical (unpaired) electrons. The van der Waals surface area contributed by atoms with E-state index < -0.39 is 0 Å². The molecular formula is C17H13N3O3. The summed E-state index contributed by atoms with van der Waals surface area (Å²) < 4.78 is 5.27. The molecule has 3 rings (SSSR count). The van der Waals surface area contributed by atoms with Crippen LogP contribution in [0.2, 0.25) is 0 Å². The Morgan fingerprint density at radius 1 is 1.43 bits per heavy atom. The van der Waals surface area contributed by atoms with E-state index in [1.165, 1.54) is 6.20 Å². The van der Waals surface area contributed by atoms with Crippen molar-refractivity contribution in [2.45, 2.75) is 6.42 Å². The number of anilines is 2. The van der Waals surface area contributed by atoms with E-state index in [2.05, 4.69) is 21.5 Å². The fraction of sp³-hybridized carbons (Fsp3) is 0.118. The fourth-order valence-corrected chi connectivity index (χ4v) is 2.29. The topological polar surface area (TPSA) is 80.3 Å². The number of carbonyl (C=O) groups is 2.